The normalized spacial score (nSPS) is 12.0. The van der Waals surface area contributed by atoms with Gasteiger partial charge in [0.1, 0.15) is 0 Å². The number of nitro benzene ring substituents is 1. The van der Waals surface area contributed by atoms with Crippen molar-refractivity contribution < 1.29 is 18.1 Å². The molecule has 1 heterocycles. The number of nitrogens with zero attached hydrogens (tertiary/aromatic N) is 4. The Morgan fingerprint density at radius 3 is 2.81 bits per heavy atom. The van der Waals surface area contributed by atoms with E-state index in [2.05, 4.69) is 22.4 Å². The summed E-state index contributed by atoms with van der Waals surface area (Å²) in [6.07, 6.45) is -3.71. The van der Waals surface area contributed by atoms with Gasteiger partial charge in [0.2, 0.25) is 4.77 Å². The van der Waals surface area contributed by atoms with E-state index in [4.69, 9.17) is 0 Å². The maximum absolute atomic E-state index is 12.6. The Morgan fingerprint density at radius 2 is 2.19 bits per heavy atom. The molecule has 0 bridgehead atoms. The van der Waals surface area contributed by atoms with Crippen molar-refractivity contribution in [2.24, 2.45) is 5.10 Å². The summed E-state index contributed by atoms with van der Waals surface area (Å²) in [5.74, 6) is -1.31. The molecule has 0 radical (unpaired) electrons. The Labute approximate surface area is 119 Å². The summed E-state index contributed by atoms with van der Waals surface area (Å²) in [5, 5.41) is 19.2. The maximum Gasteiger partial charge on any atom is 0.453 e. The predicted molar refractivity (Wildman–Crippen MR) is 68.5 cm³/mol. The minimum atomic E-state index is -4.73. The minimum Gasteiger partial charge on any atom is -0.258 e. The van der Waals surface area contributed by atoms with Crippen LogP contribution in [0.1, 0.15) is 11.4 Å². The number of H-pyrrole nitrogens is 1. The average Bonchev–Trinajstić information content (AvgIpc) is 2.78. The predicted octanol–water partition coefficient (Wildman–Crippen LogP) is 2.75. The van der Waals surface area contributed by atoms with Crippen molar-refractivity contribution in [3.63, 3.8) is 0 Å². The van der Waals surface area contributed by atoms with E-state index in [-0.39, 0.29) is 16.0 Å². The van der Waals surface area contributed by atoms with Crippen molar-refractivity contribution in [2.75, 3.05) is 0 Å². The smallest absolute Gasteiger partial charge is 0.258 e. The number of aromatic amines is 1. The van der Waals surface area contributed by atoms with Crippen molar-refractivity contribution >= 4 is 24.1 Å². The SMILES string of the molecule is O=[N+]([O-])c1cccc(/C=N\n2c(C(F)(F)F)n[nH]c2=S)c1. The molecule has 0 spiro atoms. The van der Waals surface area contributed by atoms with Crippen LogP contribution < -0.4 is 0 Å². The average molecular weight is 317 g/mol. The summed E-state index contributed by atoms with van der Waals surface area (Å²) in [4.78, 5) is 9.98. The lowest BCUT2D eigenvalue weighted by Crippen LogP contribution is -2.12. The number of nitro groups is 1. The highest BCUT2D eigenvalue weighted by molar-refractivity contribution is 7.71. The summed E-state index contributed by atoms with van der Waals surface area (Å²) in [6, 6.07) is 5.26. The standard InChI is InChI=1S/C10H6F3N5O2S/c11-10(12,13)8-15-16-9(21)17(8)14-5-6-2-1-3-7(4-6)18(19)20/h1-5H,(H,16,21)/b14-5-. The number of aromatic nitrogens is 3. The van der Waals surface area contributed by atoms with Crippen molar-refractivity contribution in [3.05, 3.63) is 50.5 Å². The van der Waals surface area contributed by atoms with E-state index >= 15 is 0 Å². The van der Waals surface area contributed by atoms with Crippen molar-refractivity contribution in [2.45, 2.75) is 6.18 Å². The second kappa shape index (κ2) is 5.44. The highest BCUT2D eigenvalue weighted by atomic mass is 32.1. The summed E-state index contributed by atoms with van der Waals surface area (Å²) >= 11 is 4.65. The first-order chi connectivity index (χ1) is 9.79. The Hall–Kier alpha value is -2.56. The van der Waals surface area contributed by atoms with Crippen LogP contribution in [0.4, 0.5) is 18.9 Å². The van der Waals surface area contributed by atoms with Crippen LogP contribution in [0.15, 0.2) is 29.4 Å². The third-order valence-electron chi connectivity index (χ3n) is 2.31. The summed E-state index contributed by atoms with van der Waals surface area (Å²) in [5.41, 5.74) is 0.0474. The monoisotopic (exact) mass is 317 g/mol. The third kappa shape index (κ3) is 3.31. The van der Waals surface area contributed by atoms with Gasteiger partial charge >= 0.3 is 6.18 Å². The lowest BCUT2D eigenvalue weighted by molar-refractivity contribution is -0.384. The molecule has 0 aliphatic rings. The highest BCUT2D eigenvalue weighted by Gasteiger charge is 2.37. The van der Waals surface area contributed by atoms with E-state index in [9.17, 15) is 23.3 Å². The van der Waals surface area contributed by atoms with Gasteiger partial charge in [0, 0.05) is 17.7 Å². The molecule has 11 heteroatoms. The molecule has 1 N–H and O–H groups in total. The second-order valence-corrected chi connectivity index (χ2v) is 4.15. The van der Waals surface area contributed by atoms with Gasteiger partial charge in [0.15, 0.2) is 0 Å². The third-order valence-corrected chi connectivity index (χ3v) is 2.57. The van der Waals surface area contributed by atoms with Gasteiger partial charge in [0.05, 0.1) is 11.1 Å². The second-order valence-electron chi connectivity index (χ2n) is 3.76. The summed E-state index contributed by atoms with van der Waals surface area (Å²) < 4.78 is 38.0. The molecule has 0 aliphatic heterocycles. The number of halogens is 3. The van der Waals surface area contributed by atoms with Gasteiger partial charge in [-0.25, -0.2) is 5.10 Å². The molecule has 2 rings (SSSR count). The van der Waals surface area contributed by atoms with Gasteiger partial charge in [-0.3, -0.25) is 10.1 Å². The molecule has 0 saturated carbocycles. The zero-order valence-electron chi connectivity index (χ0n) is 10.0. The first kappa shape index (κ1) is 14.8. The molecule has 0 aliphatic carbocycles. The van der Waals surface area contributed by atoms with Gasteiger partial charge in [0.25, 0.3) is 11.5 Å². The molecule has 21 heavy (non-hydrogen) atoms. The van der Waals surface area contributed by atoms with E-state index in [1.54, 1.807) is 0 Å². The number of nitrogens with one attached hydrogen (secondary N) is 1. The lowest BCUT2D eigenvalue weighted by atomic mass is 10.2. The molecule has 110 valence electrons. The van der Waals surface area contributed by atoms with Crippen LogP contribution in [0, 0.1) is 14.9 Å². The van der Waals surface area contributed by atoms with Gasteiger partial charge in [-0.05, 0) is 12.2 Å². The largest absolute Gasteiger partial charge is 0.453 e. The van der Waals surface area contributed by atoms with E-state index in [1.807, 2.05) is 5.10 Å². The molecule has 0 atom stereocenters. The van der Waals surface area contributed by atoms with Crippen LogP contribution in [0.2, 0.25) is 0 Å². The molecule has 1 aromatic heterocycles. The Morgan fingerprint density at radius 1 is 1.48 bits per heavy atom. The molecule has 0 saturated heterocycles. The minimum absolute atomic E-state index is 0.203. The van der Waals surface area contributed by atoms with E-state index < -0.39 is 16.9 Å². The van der Waals surface area contributed by atoms with Crippen LogP contribution in [0.5, 0.6) is 0 Å². The zero-order valence-corrected chi connectivity index (χ0v) is 10.9. The molecule has 7 nitrogen and oxygen atoms in total. The maximum atomic E-state index is 12.6. The summed E-state index contributed by atoms with van der Waals surface area (Å²) in [6.45, 7) is 0. The highest BCUT2D eigenvalue weighted by Crippen LogP contribution is 2.27. The molecule has 0 unspecified atom stereocenters. The van der Waals surface area contributed by atoms with Crippen molar-refractivity contribution in [3.8, 4) is 0 Å². The van der Waals surface area contributed by atoms with Crippen LogP contribution in [0.3, 0.4) is 0 Å². The quantitative estimate of drug-likeness (QED) is 0.408. The molecule has 0 amide bonds. The topological polar surface area (TPSA) is 89.1 Å². The Bertz CT molecular complexity index is 765. The Kier molecular flexibility index (Phi) is 3.84. The van der Waals surface area contributed by atoms with Gasteiger partial charge in [-0.1, -0.05) is 12.1 Å². The van der Waals surface area contributed by atoms with E-state index in [1.165, 1.54) is 24.3 Å². The van der Waals surface area contributed by atoms with Crippen LogP contribution in [-0.2, 0) is 6.18 Å². The van der Waals surface area contributed by atoms with Gasteiger partial charge < -0.3 is 0 Å². The number of hydrogen-bond donors (Lipinski definition) is 1. The van der Waals surface area contributed by atoms with Crippen LogP contribution in [-0.4, -0.2) is 26.0 Å². The van der Waals surface area contributed by atoms with Gasteiger partial charge in [-0.15, -0.1) is 5.10 Å². The fourth-order valence-corrected chi connectivity index (χ4v) is 1.60. The van der Waals surface area contributed by atoms with Crippen molar-refractivity contribution in [1.82, 2.24) is 14.9 Å². The van der Waals surface area contributed by atoms with E-state index in [0.717, 1.165) is 6.21 Å². The summed E-state index contributed by atoms with van der Waals surface area (Å²) in [7, 11) is 0. The molecule has 2 aromatic rings. The first-order valence-electron chi connectivity index (χ1n) is 5.32. The van der Waals surface area contributed by atoms with Gasteiger partial charge in [-0.2, -0.15) is 22.9 Å². The van der Waals surface area contributed by atoms with Crippen molar-refractivity contribution in [1.29, 1.82) is 0 Å². The van der Waals surface area contributed by atoms with E-state index in [0.29, 0.717) is 4.68 Å². The molecule has 1 aromatic carbocycles. The number of non-ortho nitro benzene ring substituents is 1. The molecular weight excluding hydrogens is 311 g/mol. The Balaban J connectivity index is 2.39. The molecule has 0 fully saturated rings. The van der Waals surface area contributed by atoms with Crippen LogP contribution in [0.25, 0.3) is 0 Å². The zero-order chi connectivity index (χ0) is 15.6. The number of alkyl halides is 3. The van der Waals surface area contributed by atoms with Crippen LogP contribution >= 0.6 is 12.2 Å². The fraction of sp³-hybridized carbons (Fsp3) is 0.100. The first-order valence-corrected chi connectivity index (χ1v) is 5.73. The number of benzene rings is 1. The lowest BCUT2D eigenvalue weighted by Gasteiger charge is -2.03. The molecular formula is C10H6F3N5O2S. The fourth-order valence-electron chi connectivity index (χ4n) is 1.43. The number of hydrogen-bond acceptors (Lipinski definition) is 5. The number of rotatable bonds is 3.